The summed E-state index contributed by atoms with van der Waals surface area (Å²) in [6.45, 7) is 0. The number of aromatic nitrogens is 1. The van der Waals surface area contributed by atoms with E-state index in [2.05, 4.69) is 4.98 Å². The fraction of sp³-hybridized carbons (Fsp3) is 0. The zero-order valence-corrected chi connectivity index (χ0v) is 11.5. The lowest BCUT2D eigenvalue weighted by molar-refractivity contribution is 1.33. The predicted molar refractivity (Wildman–Crippen MR) is 86.5 cm³/mol. The zero-order valence-electron chi connectivity index (χ0n) is 11.5. The van der Waals surface area contributed by atoms with Crippen molar-refractivity contribution in [3.63, 3.8) is 0 Å². The second-order valence-electron chi connectivity index (χ2n) is 4.78. The zero-order chi connectivity index (χ0) is 14.7. The molecule has 2 aromatic carbocycles. The van der Waals surface area contributed by atoms with Gasteiger partial charge in [-0.25, -0.2) is 0 Å². The maximum Gasteiger partial charge on any atom is 0.0705 e. The third-order valence-corrected chi connectivity index (χ3v) is 3.40. The molecular weight excluding hydrogens is 258 g/mol. The number of nitrogens with one attached hydrogen (secondary N) is 1. The molecule has 3 nitrogen and oxygen atoms in total. The van der Waals surface area contributed by atoms with Crippen molar-refractivity contribution < 1.29 is 0 Å². The highest BCUT2D eigenvalue weighted by Crippen LogP contribution is 2.25. The molecule has 0 atom stereocenters. The summed E-state index contributed by atoms with van der Waals surface area (Å²) in [5.41, 5.74) is 10.8. The van der Waals surface area contributed by atoms with E-state index >= 15 is 0 Å². The van der Waals surface area contributed by atoms with Crippen molar-refractivity contribution in [1.29, 1.82) is 5.41 Å². The summed E-state index contributed by atoms with van der Waals surface area (Å²) >= 11 is 0. The van der Waals surface area contributed by atoms with Crippen LogP contribution in [-0.4, -0.2) is 10.7 Å². The van der Waals surface area contributed by atoms with Crippen molar-refractivity contribution in [1.82, 2.24) is 4.98 Å². The average molecular weight is 273 g/mol. The largest absolute Gasteiger partial charge is 0.398 e. The van der Waals surface area contributed by atoms with Crippen molar-refractivity contribution in [3.05, 3.63) is 84.2 Å². The van der Waals surface area contributed by atoms with E-state index < -0.39 is 0 Å². The van der Waals surface area contributed by atoms with Crippen LogP contribution in [0.3, 0.4) is 0 Å². The highest BCUT2D eigenvalue weighted by Gasteiger charge is 2.10. The first-order valence-electron chi connectivity index (χ1n) is 6.70. The van der Waals surface area contributed by atoms with Gasteiger partial charge in [-0.1, -0.05) is 36.4 Å². The Balaban J connectivity index is 2.05. The number of hydrogen-bond donors (Lipinski definition) is 2. The Hall–Kier alpha value is -2.94. The maximum atomic E-state index is 8.38. The fourth-order valence-corrected chi connectivity index (χ4v) is 2.26. The first kappa shape index (κ1) is 13.1. The lowest BCUT2D eigenvalue weighted by atomic mass is 9.96. The molecule has 3 aromatic rings. The van der Waals surface area contributed by atoms with Gasteiger partial charge in [0.05, 0.1) is 5.71 Å². The molecule has 0 fully saturated rings. The van der Waals surface area contributed by atoms with Crippen LogP contribution in [0.5, 0.6) is 0 Å². The van der Waals surface area contributed by atoms with Gasteiger partial charge in [-0.15, -0.1) is 0 Å². The molecule has 0 aliphatic heterocycles. The molecule has 3 N–H and O–H groups in total. The van der Waals surface area contributed by atoms with Crippen LogP contribution in [0, 0.1) is 5.41 Å². The molecule has 102 valence electrons. The van der Waals surface area contributed by atoms with Gasteiger partial charge in [0.25, 0.3) is 0 Å². The highest BCUT2D eigenvalue weighted by molar-refractivity contribution is 6.14. The molecule has 0 saturated carbocycles. The van der Waals surface area contributed by atoms with Crippen LogP contribution in [0.15, 0.2) is 73.1 Å². The van der Waals surface area contributed by atoms with Gasteiger partial charge < -0.3 is 5.73 Å². The summed E-state index contributed by atoms with van der Waals surface area (Å²) < 4.78 is 0. The summed E-state index contributed by atoms with van der Waals surface area (Å²) in [5, 5.41) is 8.38. The molecule has 21 heavy (non-hydrogen) atoms. The van der Waals surface area contributed by atoms with Gasteiger partial charge in [-0.05, 0) is 35.4 Å². The van der Waals surface area contributed by atoms with Crippen molar-refractivity contribution in [2.75, 3.05) is 5.73 Å². The van der Waals surface area contributed by atoms with Crippen LogP contribution in [0.2, 0.25) is 0 Å². The minimum absolute atomic E-state index is 0.434. The molecule has 0 bridgehead atoms. The molecule has 0 spiro atoms. The smallest absolute Gasteiger partial charge is 0.0705 e. The van der Waals surface area contributed by atoms with E-state index in [0.717, 1.165) is 22.3 Å². The first-order valence-corrected chi connectivity index (χ1v) is 6.70. The topological polar surface area (TPSA) is 62.8 Å². The van der Waals surface area contributed by atoms with Crippen molar-refractivity contribution >= 4 is 11.4 Å². The summed E-state index contributed by atoms with van der Waals surface area (Å²) in [6, 6.07) is 19.3. The van der Waals surface area contributed by atoms with E-state index in [1.165, 1.54) is 0 Å². The number of hydrogen-bond acceptors (Lipinski definition) is 3. The monoisotopic (exact) mass is 273 g/mol. The van der Waals surface area contributed by atoms with Gasteiger partial charge >= 0.3 is 0 Å². The molecule has 3 heteroatoms. The van der Waals surface area contributed by atoms with Crippen LogP contribution in [0.4, 0.5) is 5.69 Å². The molecule has 0 aliphatic rings. The van der Waals surface area contributed by atoms with Crippen LogP contribution in [-0.2, 0) is 0 Å². The summed E-state index contributed by atoms with van der Waals surface area (Å²) in [4.78, 5) is 4.03. The van der Waals surface area contributed by atoms with Gasteiger partial charge in [-0.3, -0.25) is 10.4 Å². The van der Waals surface area contributed by atoms with Crippen molar-refractivity contribution in [3.8, 4) is 11.1 Å². The Labute approximate surface area is 123 Å². The van der Waals surface area contributed by atoms with Crippen LogP contribution >= 0.6 is 0 Å². The van der Waals surface area contributed by atoms with Gasteiger partial charge in [0, 0.05) is 29.2 Å². The molecule has 0 aliphatic carbocycles. The molecule has 3 rings (SSSR count). The van der Waals surface area contributed by atoms with E-state index in [9.17, 15) is 0 Å². The molecule has 0 unspecified atom stereocenters. The number of nitrogens with two attached hydrogens (primary N) is 1. The van der Waals surface area contributed by atoms with Gasteiger partial charge in [0.2, 0.25) is 0 Å². The van der Waals surface area contributed by atoms with Crippen LogP contribution in [0.25, 0.3) is 11.1 Å². The third kappa shape index (κ3) is 2.67. The number of benzene rings is 2. The molecule has 1 heterocycles. The molecule has 1 aromatic heterocycles. The minimum atomic E-state index is 0.434. The number of anilines is 1. The SMILES string of the molecule is N=C(c1ccccc1)c1cc(-c2ccncc2)ccc1N. The van der Waals surface area contributed by atoms with Gasteiger partial charge in [0.15, 0.2) is 0 Å². The quantitative estimate of drug-likeness (QED) is 0.564. The third-order valence-electron chi connectivity index (χ3n) is 3.40. The highest BCUT2D eigenvalue weighted by atomic mass is 14.6. The number of rotatable bonds is 3. The molecule has 0 amide bonds. The number of nitrogens with zero attached hydrogens (tertiary/aromatic N) is 1. The second-order valence-corrected chi connectivity index (χ2v) is 4.78. The first-order chi connectivity index (χ1) is 10.3. The Morgan fingerprint density at radius 2 is 1.57 bits per heavy atom. The van der Waals surface area contributed by atoms with E-state index in [1.807, 2.05) is 60.7 Å². The average Bonchev–Trinajstić information content (AvgIpc) is 2.56. The molecular formula is C18H15N3. The Morgan fingerprint density at radius 1 is 0.857 bits per heavy atom. The second kappa shape index (κ2) is 5.59. The number of nitrogen functional groups attached to an aromatic ring is 1. The van der Waals surface area contributed by atoms with E-state index in [1.54, 1.807) is 12.4 Å². The van der Waals surface area contributed by atoms with Crippen LogP contribution < -0.4 is 5.73 Å². The van der Waals surface area contributed by atoms with E-state index in [4.69, 9.17) is 11.1 Å². The van der Waals surface area contributed by atoms with Crippen LogP contribution in [0.1, 0.15) is 11.1 Å². The minimum Gasteiger partial charge on any atom is -0.398 e. The predicted octanol–water partition coefficient (Wildman–Crippen LogP) is 3.75. The standard InChI is InChI=1S/C18H15N3/c19-17-7-6-15(13-8-10-21-11-9-13)12-16(17)18(20)14-4-2-1-3-5-14/h1-12,20H,19H2. The Morgan fingerprint density at radius 3 is 2.29 bits per heavy atom. The lowest BCUT2D eigenvalue weighted by Gasteiger charge is -2.10. The Kier molecular flexibility index (Phi) is 3.48. The molecule has 0 saturated heterocycles. The lowest BCUT2D eigenvalue weighted by Crippen LogP contribution is -2.05. The fourth-order valence-electron chi connectivity index (χ4n) is 2.26. The van der Waals surface area contributed by atoms with Crippen molar-refractivity contribution in [2.24, 2.45) is 0 Å². The van der Waals surface area contributed by atoms with Gasteiger partial charge in [-0.2, -0.15) is 0 Å². The van der Waals surface area contributed by atoms with E-state index in [-0.39, 0.29) is 0 Å². The number of pyridine rings is 1. The van der Waals surface area contributed by atoms with Crippen molar-refractivity contribution in [2.45, 2.75) is 0 Å². The summed E-state index contributed by atoms with van der Waals surface area (Å²) in [6.07, 6.45) is 3.52. The van der Waals surface area contributed by atoms with E-state index in [0.29, 0.717) is 11.4 Å². The summed E-state index contributed by atoms with van der Waals surface area (Å²) in [7, 11) is 0. The molecule has 0 radical (unpaired) electrons. The van der Waals surface area contributed by atoms with Gasteiger partial charge in [0.1, 0.15) is 0 Å². The normalized spacial score (nSPS) is 10.3. The summed E-state index contributed by atoms with van der Waals surface area (Å²) in [5.74, 6) is 0. The Bertz CT molecular complexity index is 765. The maximum absolute atomic E-state index is 8.38.